The van der Waals surface area contributed by atoms with Crippen LogP contribution in [-0.2, 0) is 34.6 Å². The normalized spacial score (nSPS) is 13.4. The van der Waals surface area contributed by atoms with Gasteiger partial charge < -0.3 is 4.57 Å². The van der Waals surface area contributed by atoms with Crippen molar-refractivity contribution in [3.05, 3.63) is 57.3 Å². The molecule has 0 spiro atoms. The number of hydrogen-bond donors (Lipinski definition) is 1. The molecule has 3 aromatic rings. The highest BCUT2D eigenvalue weighted by Crippen LogP contribution is 2.41. The van der Waals surface area contributed by atoms with E-state index in [1.54, 1.807) is 20.2 Å². The van der Waals surface area contributed by atoms with E-state index in [-0.39, 0.29) is 25.7 Å². The summed E-state index contributed by atoms with van der Waals surface area (Å²) in [5, 5.41) is 3.84. The minimum Gasteiger partial charge on any atom is -0.335 e. The van der Waals surface area contributed by atoms with Gasteiger partial charge in [-0.15, -0.1) is 0 Å². The maximum atomic E-state index is 14.1. The predicted molar refractivity (Wildman–Crippen MR) is 136 cm³/mol. The Bertz CT molecular complexity index is 1210. The second-order valence-corrected chi connectivity index (χ2v) is 11.1. The maximum Gasteiger partial charge on any atom is 0.357 e. The average molecular weight is 549 g/mol. The molecule has 0 bridgehead atoms. The lowest BCUT2D eigenvalue weighted by Gasteiger charge is -2.22. The summed E-state index contributed by atoms with van der Waals surface area (Å²) < 4.78 is 56.2. The van der Waals surface area contributed by atoms with Crippen LogP contribution >= 0.6 is 23.2 Å². The summed E-state index contributed by atoms with van der Waals surface area (Å²) in [5.74, 6) is 0.995. The topological polar surface area (TPSA) is 76.2 Å². The first-order valence-corrected chi connectivity index (χ1v) is 13.5. The number of aryl methyl sites for hydroxylation is 5. The molecule has 12 heteroatoms. The lowest BCUT2D eigenvalue weighted by Crippen LogP contribution is -2.41. The summed E-state index contributed by atoms with van der Waals surface area (Å²) in [7, 11) is -2.94. The minimum atomic E-state index is -4.51. The number of rotatable bonds is 11. The van der Waals surface area contributed by atoms with Gasteiger partial charge in [0.25, 0.3) is 4.90 Å². The number of aromatic nitrogens is 4. The van der Waals surface area contributed by atoms with Crippen LogP contribution < -0.4 is 4.31 Å². The van der Waals surface area contributed by atoms with Crippen LogP contribution in [0.4, 0.5) is 14.5 Å². The van der Waals surface area contributed by atoms with Gasteiger partial charge in [-0.05, 0) is 61.9 Å². The summed E-state index contributed by atoms with van der Waals surface area (Å²) >= 11 is 12.7. The second kappa shape index (κ2) is 11.4. The quantitative estimate of drug-likeness (QED) is 0.166. The lowest BCUT2D eigenvalue weighted by atomic mass is 10.1. The molecule has 1 aromatic carbocycles. The van der Waals surface area contributed by atoms with Gasteiger partial charge in [0.1, 0.15) is 21.6 Å². The molecule has 1 atom stereocenters. The Balaban J connectivity index is 1.72. The van der Waals surface area contributed by atoms with E-state index in [1.165, 1.54) is 23.7 Å². The number of halogens is 4. The zero-order chi connectivity index (χ0) is 25.9. The Labute approximate surface area is 215 Å². The van der Waals surface area contributed by atoms with Gasteiger partial charge in [0.15, 0.2) is 0 Å². The van der Waals surface area contributed by atoms with Crippen LogP contribution in [0.25, 0.3) is 0 Å². The summed E-state index contributed by atoms with van der Waals surface area (Å²) in [6.07, 6.45) is 8.34. The Morgan fingerprint density at radius 2 is 1.74 bits per heavy atom. The Hall–Kier alpha value is -2.01. The third kappa shape index (κ3) is 6.04. The molecule has 0 aliphatic carbocycles. The number of imidazole rings is 1. The number of anilines is 1. The van der Waals surface area contributed by atoms with Gasteiger partial charge in [0.2, 0.25) is 0 Å². The van der Waals surface area contributed by atoms with Crippen molar-refractivity contribution < 1.29 is 17.5 Å². The Morgan fingerprint density at radius 3 is 2.26 bits per heavy atom. The van der Waals surface area contributed by atoms with Crippen molar-refractivity contribution in [2.45, 2.75) is 70.9 Å². The first-order valence-electron chi connectivity index (χ1n) is 11.2. The molecule has 0 saturated heterocycles. The molecule has 0 fully saturated rings. The van der Waals surface area contributed by atoms with E-state index in [9.17, 15) is 17.5 Å². The molecule has 1 unspecified atom stereocenters. The van der Waals surface area contributed by atoms with Crippen LogP contribution in [0.15, 0.2) is 29.4 Å². The first kappa shape index (κ1) is 27.6. The largest absolute Gasteiger partial charge is 0.357 e. The molecule has 7 nitrogen and oxygen atoms in total. The van der Waals surface area contributed by atoms with E-state index in [0.717, 1.165) is 43.6 Å². The molecule has 2 heterocycles. The van der Waals surface area contributed by atoms with Crippen molar-refractivity contribution in [3.8, 4) is 0 Å². The van der Waals surface area contributed by atoms with E-state index in [2.05, 4.69) is 14.6 Å². The van der Waals surface area contributed by atoms with Gasteiger partial charge >= 0.3 is 16.9 Å². The van der Waals surface area contributed by atoms with Crippen LogP contribution in [0.1, 0.15) is 48.5 Å². The van der Waals surface area contributed by atoms with Crippen molar-refractivity contribution >= 4 is 39.3 Å². The summed E-state index contributed by atoms with van der Waals surface area (Å²) in [4.78, 5) is 3.78. The Morgan fingerprint density at radius 1 is 1.11 bits per heavy atom. The van der Waals surface area contributed by atoms with Crippen molar-refractivity contribution in [1.82, 2.24) is 19.3 Å². The average Bonchev–Trinajstić information content (AvgIpc) is 3.26. The van der Waals surface area contributed by atoms with Crippen LogP contribution in [-0.4, -0.2) is 30.4 Å². The van der Waals surface area contributed by atoms with Gasteiger partial charge in [-0.2, -0.15) is 18.4 Å². The Kier molecular flexibility index (Phi) is 8.96. The molecule has 35 heavy (non-hydrogen) atoms. The fourth-order valence-electron chi connectivity index (χ4n) is 4.12. The third-order valence-corrected chi connectivity index (χ3v) is 8.66. The van der Waals surface area contributed by atoms with Gasteiger partial charge in [-0.25, -0.2) is 4.98 Å². The molecule has 0 radical (unpaired) electrons. The van der Waals surface area contributed by atoms with Crippen LogP contribution in [0, 0.1) is 20.8 Å². The monoisotopic (exact) mass is 548 g/mol. The van der Waals surface area contributed by atoms with E-state index in [1.807, 2.05) is 13.1 Å². The van der Waals surface area contributed by atoms with E-state index in [4.69, 9.17) is 23.2 Å². The molecule has 1 N–H and O–H groups in total. The van der Waals surface area contributed by atoms with E-state index < -0.39 is 21.8 Å². The van der Waals surface area contributed by atoms with Gasteiger partial charge in [0.05, 0.1) is 11.4 Å². The SMILES string of the molecule is Cc1nn(C)c(C)c1N(C(F)F)[S+](=O)(O)c1c(Cl)cc(CCCCCCn2ccnc2C)cc1Cl. The fourth-order valence-corrected chi connectivity index (χ4v) is 6.81. The fraction of sp³-hybridized carbons (Fsp3) is 0.478. The first-order chi connectivity index (χ1) is 16.4. The predicted octanol–water partition coefficient (Wildman–Crippen LogP) is 6.63. The van der Waals surface area contributed by atoms with Crippen molar-refractivity contribution in [1.29, 1.82) is 0 Å². The molecular weight excluding hydrogens is 519 g/mol. The smallest absolute Gasteiger partial charge is 0.335 e. The molecule has 2 aromatic heterocycles. The van der Waals surface area contributed by atoms with Crippen molar-refractivity contribution in [3.63, 3.8) is 0 Å². The summed E-state index contributed by atoms with van der Waals surface area (Å²) in [5.41, 5.74) is 1.16. The zero-order valence-corrected chi connectivity index (χ0v) is 22.5. The zero-order valence-electron chi connectivity index (χ0n) is 20.1. The highest BCUT2D eigenvalue weighted by Gasteiger charge is 2.49. The lowest BCUT2D eigenvalue weighted by molar-refractivity contribution is 0.159. The van der Waals surface area contributed by atoms with Crippen LogP contribution in [0.2, 0.25) is 10.0 Å². The van der Waals surface area contributed by atoms with Gasteiger partial charge in [0, 0.05) is 26.0 Å². The highest BCUT2D eigenvalue weighted by atomic mass is 35.5. The molecule has 0 aliphatic heterocycles. The van der Waals surface area contributed by atoms with Crippen LogP contribution in [0.5, 0.6) is 0 Å². The summed E-state index contributed by atoms with van der Waals surface area (Å²) in [6.45, 7) is 2.65. The number of alkyl halides is 2. The van der Waals surface area contributed by atoms with Crippen molar-refractivity contribution in [2.75, 3.05) is 4.31 Å². The number of hydrogen-bond acceptors (Lipinski definition) is 3. The van der Waals surface area contributed by atoms with Gasteiger partial charge in [-0.1, -0.05) is 40.3 Å². The standard InChI is InChI=1S/C23H29Cl2F2N5O2S/c1-15-21(16(2)30(4)29-15)32(23(26)27)35(33,34)22-19(24)13-18(14-20(22)25)9-7-5-6-8-11-31-12-10-28-17(31)3/h10,12-14,23H,5-9,11H2,1-4H3/p+1. The number of benzene rings is 1. The van der Waals surface area contributed by atoms with E-state index >= 15 is 0 Å². The number of nitrogens with zero attached hydrogens (tertiary/aromatic N) is 5. The van der Waals surface area contributed by atoms with Crippen molar-refractivity contribution in [2.24, 2.45) is 7.05 Å². The third-order valence-electron chi connectivity index (χ3n) is 6.00. The molecule has 0 amide bonds. The molecule has 0 saturated carbocycles. The van der Waals surface area contributed by atoms with Gasteiger partial charge in [-0.3, -0.25) is 4.68 Å². The highest BCUT2D eigenvalue weighted by molar-refractivity contribution is 7.99. The molecule has 0 aliphatic rings. The second-order valence-electron chi connectivity index (χ2n) is 8.46. The molecule has 3 rings (SSSR count). The summed E-state index contributed by atoms with van der Waals surface area (Å²) in [6, 6.07) is 3.06. The minimum absolute atomic E-state index is 0.125. The van der Waals surface area contributed by atoms with Crippen LogP contribution in [0.3, 0.4) is 0 Å². The maximum absolute atomic E-state index is 14.1. The number of unbranched alkanes of at least 4 members (excludes halogenated alkanes) is 3. The van der Waals surface area contributed by atoms with E-state index in [0.29, 0.717) is 12.1 Å². The molecular formula is C23H30Cl2F2N5O2S+. The molecule has 192 valence electrons.